The third-order valence-electron chi connectivity index (χ3n) is 6.19. The van der Waals surface area contributed by atoms with Crippen molar-refractivity contribution in [2.45, 2.75) is 13.1 Å². The first-order valence-electron chi connectivity index (χ1n) is 11.2. The summed E-state index contributed by atoms with van der Waals surface area (Å²) in [6.07, 6.45) is 1.53. The van der Waals surface area contributed by atoms with E-state index in [-0.39, 0.29) is 18.0 Å². The second kappa shape index (κ2) is 9.36. The number of amides is 1. The first-order valence-corrected chi connectivity index (χ1v) is 11.2. The Morgan fingerprint density at radius 1 is 1.18 bits per heavy atom. The third-order valence-corrected chi connectivity index (χ3v) is 6.19. The Balaban J connectivity index is 1.52. The van der Waals surface area contributed by atoms with Gasteiger partial charge in [-0.05, 0) is 37.4 Å². The molecule has 1 saturated heterocycles. The van der Waals surface area contributed by atoms with Gasteiger partial charge in [0.05, 0.1) is 49.5 Å². The summed E-state index contributed by atoms with van der Waals surface area (Å²) < 4.78 is 25.7. The molecule has 2 aliphatic rings. The van der Waals surface area contributed by atoms with Crippen molar-refractivity contribution in [1.82, 2.24) is 15.3 Å². The average Bonchev–Trinajstić information content (AvgIpc) is 3.21. The number of anilines is 2. The smallest absolute Gasteiger partial charge is 0.260 e. The number of ether oxygens (including phenoxy) is 2. The Labute approximate surface area is 197 Å². The van der Waals surface area contributed by atoms with Crippen LogP contribution in [0, 0.1) is 5.82 Å². The number of nitrogens with one attached hydrogen (secondary N) is 1. The minimum atomic E-state index is -0.449. The summed E-state index contributed by atoms with van der Waals surface area (Å²) in [5.41, 5.74) is 3.70. The van der Waals surface area contributed by atoms with Gasteiger partial charge in [-0.25, -0.2) is 9.37 Å². The van der Waals surface area contributed by atoms with Gasteiger partial charge in [0.25, 0.3) is 5.91 Å². The van der Waals surface area contributed by atoms with E-state index in [0.717, 1.165) is 24.5 Å². The Kier molecular flexibility index (Phi) is 6.12. The van der Waals surface area contributed by atoms with Crippen molar-refractivity contribution in [2.75, 3.05) is 50.3 Å². The van der Waals surface area contributed by atoms with Crippen molar-refractivity contribution >= 4 is 17.4 Å². The topological polar surface area (TPSA) is 79.8 Å². The van der Waals surface area contributed by atoms with Crippen molar-refractivity contribution in [3.63, 3.8) is 0 Å². The zero-order valence-corrected chi connectivity index (χ0v) is 19.2. The number of nitrogens with zero attached hydrogens (tertiary/aromatic N) is 4. The van der Waals surface area contributed by atoms with E-state index in [1.165, 1.54) is 19.4 Å². The minimum absolute atomic E-state index is 0.184. The lowest BCUT2D eigenvalue weighted by Gasteiger charge is -2.30. The molecule has 3 aromatic rings. The van der Waals surface area contributed by atoms with Crippen LogP contribution in [0.4, 0.5) is 15.9 Å². The highest BCUT2D eigenvalue weighted by Gasteiger charge is 2.34. The number of rotatable bonds is 6. The molecule has 176 valence electrons. The summed E-state index contributed by atoms with van der Waals surface area (Å²) in [6.45, 7) is 3.76. The monoisotopic (exact) mass is 463 g/mol. The van der Waals surface area contributed by atoms with Crippen molar-refractivity contribution in [3.8, 4) is 17.0 Å². The molecule has 0 saturated carbocycles. The van der Waals surface area contributed by atoms with Gasteiger partial charge in [-0.1, -0.05) is 6.07 Å². The average molecular weight is 464 g/mol. The van der Waals surface area contributed by atoms with E-state index >= 15 is 0 Å². The fourth-order valence-electron chi connectivity index (χ4n) is 4.56. The SMILES string of the molecule is CNCc1nc(N2Cc3c(ccnc3-c3c(F)cccc3OC)C2=O)ccc1N1CCOCC1. The van der Waals surface area contributed by atoms with Crippen molar-refractivity contribution in [2.24, 2.45) is 0 Å². The summed E-state index contributed by atoms with van der Waals surface area (Å²) in [5, 5.41) is 3.17. The van der Waals surface area contributed by atoms with Crippen LogP contribution < -0.4 is 19.9 Å². The fraction of sp³-hybridized carbons (Fsp3) is 0.320. The molecule has 1 amide bonds. The Morgan fingerprint density at radius 2 is 2.00 bits per heavy atom. The number of halogens is 1. The van der Waals surface area contributed by atoms with Gasteiger partial charge >= 0.3 is 0 Å². The normalized spacial score (nSPS) is 15.6. The largest absolute Gasteiger partial charge is 0.496 e. The molecule has 0 bridgehead atoms. The van der Waals surface area contributed by atoms with Crippen LogP contribution in [0.15, 0.2) is 42.6 Å². The van der Waals surface area contributed by atoms with Crippen LogP contribution in [0.3, 0.4) is 0 Å². The molecule has 1 fully saturated rings. The van der Waals surface area contributed by atoms with E-state index in [4.69, 9.17) is 14.5 Å². The van der Waals surface area contributed by atoms with E-state index in [9.17, 15) is 9.18 Å². The standard InChI is InChI=1S/C25H26FN5O3/c1-27-14-19-20(30-10-12-34-13-11-30)6-7-22(29-19)31-15-17-16(25(31)32)8-9-28-24(17)23-18(26)4-3-5-21(23)33-2/h3-9,27H,10-15H2,1-2H3. The summed E-state index contributed by atoms with van der Waals surface area (Å²) in [6, 6.07) is 10.2. The maximum absolute atomic E-state index is 14.8. The number of carbonyl (C=O) groups excluding carboxylic acids is 1. The quantitative estimate of drug-likeness (QED) is 0.602. The molecule has 4 heterocycles. The van der Waals surface area contributed by atoms with E-state index < -0.39 is 5.82 Å². The fourth-order valence-corrected chi connectivity index (χ4v) is 4.56. The van der Waals surface area contributed by atoms with E-state index in [1.54, 1.807) is 23.1 Å². The minimum Gasteiger partial charge on any atom is -0.496 e. The van der Waals surface area contributed by atoms with Crippen LogP contribution in [0.5, 0.6) is 5.75 Å². The van der Waals surface area contributed by atoms with Crippen molar-refractivity contribution in [3.05, 3.63) is 65.2 Å². The molecule has 0 unspecified atom stereocenters. The summed E-state index contributed by atoms with van der Waals surface area (Å²) in [4.78, 5) is 26.5. The van der Waals surface area contributed by atoms with E-state index in [1.807, 2.05) is 19.2 Å². The molecule has 1 aromatic carbocycles. The van der Waals surface area contributed by atoms with Crippen LogP contribution in [-0.4, -0.2) is 56.3 Å². The zero-order chi connectivity index (χ0) is 23.7. The predicted molar refractivity (Wildman–Crippen MR) is 127 cm³/mol. The highest BCUT2D eigenvalue weighted by molar-refractivity contribution is 6.10. The number of pyridine rings is 2. The number of hydrogen-bond donors (Lipinski definition) is 1. The van der Waals surface area contributed by atoms with Gasteiger partial charge in [0, 0.05) is 37.0 Å². The van der Waals surface area contributed by atoms with Gasteiger partial charge < -0.3 is 19.7 Å². The first kappa shape index (κ1) is 22.2. The molecular formula is C25H26FN5O3. The van der Waals surface area contributed by atoms with Gasteiger partial charge in [-0.3, -0.25) is 14.7 Å². The number of carbonyl (C=O) groups is 1. The Bertz CT molecular complexity index is 1230. The van der Waals surface area contributed by atoms with Crippen LogP contribution >= 0.6 is 0 Å². The van der Waals surface area contributed by atoms with Crippen LogP contribution in [0.25, 0.3) is 11.3 Å². The molecule has 0 aliphatic carbocycles. The van der Waals surface area contributed by atoms with Gasteiger partial charge in [-0.2, -0.15) is 0 Å². The molecular weight excluding hydrogens is 437 g/mol. The van der Waals surface area contributed by atoms with E-state index in [0.29, 0.717) is 48.1 Å². The zero-order valence-electron chi connectivity index (χ0n) is 19.2. The Hall–Kier alpha value is -3.56. The molecule has 0 spiro atoms. The number of methoxy groups -OCH3 is 1. The van der Waals surface area contributed by atoms with Gasteiger partial charge in [0.1, 0.15) is 17.4 Å². The number of benzene rings is 1. The molecule has 1 N–H and O–H groups in total. The molecule has 8 nitrogen and oxygen atoms in total. The predicted octanol–water partition coefficient (Wildman–Crippen LogP) is 3.01. The molecule has 9 heteroatoms. The lowest BCUT2D eigenvalue weighted by molar-refractivity contribution is 0.0996. The van der Waals surface area contributed by atoms with E-state index in [2.05, 4.69) is 15.2 Å². The highest BCUT2D eigenvalue weighted by atomic mass is 19.1. The van der Waals surface area contributed by atoms with Gasteiger partial charge in [0.2, 0.25) is 0 Å². The second-order valence-corrected chi connectivity index (χ2v) is 8.16. The summed E-state index contributed by atoms with van der Waals surface area (Å²) >= 11 is 0. The molecule has 0 radical (unpaired) electrons. The molecule has 5 rings (SSSR count). The lowest BCUT2D eigenvalue weighted by atomic mass is 10.0. The molecule has 34 heavy (non-hydrogen) atoms. The molecule has 0 atom stereocenters. The van der Waals surface area contributed by atoms with Crippen molar-refractivity contribution < 1.29 is 18.7 Å². The third kappa shape index (κ3) is 3.86. The van der Waals surface area contributed by atoms with Gasteiger partial charge in [-0.15, -0.1) is 0 Å². The number of hydrogen-bond acceptors (Lipinski definition) is 7. The summed E-state index contributed by atoms with van der Waals surface area (Å²) in [7, 11) is 3.36. The second-order valence-electron chi connectivity index (χ2n) is 8.16. The van der Waals surface area contributed by atoms with Crippen LogP contribution in [-0.2, 0) is 17.8 Å². The first-order chi connectivity index (χ1) is 16.6. The van der Waals surface area contributed by atoms with Gasteiger partial charge in [0.15, 0.2) is 0 Å². The van der Waals surface area contributed by atoms with Crippen LogP contribution in [0.1, 0.15) is 21.6 Å². The maximum atomic E-state index is 14.8. The number of fused-ring (bicyclic) bond motifs is 1. The van der Waals surface area contributed by atoms with Crippen molar-refractivity contribution in [1.29, 1.82) is 0 Å². The lowest BCUT2D eigenvalue weighted by Crippen LogP contribution is -2.37. The number of morpholine rings is 1. The van der Waals surface area contributed by atoms with Crippen LogP contribution in [0.2, 0.25) is 0 Å². The highest BCUT2D eigenvalue weighted by Crippen LogP contribution is 2.38. The number of aromatic nitrogens is 2. The Morgan fingerprint density at radius 3 is 2.76 bits per heavy atom. The molecule has 2 aliphatic heterocycles. The molecule has 2 aromatic heterocycles. The summed E-state index contributed by atoms with van der Waals surface area (Å²) in [5.74, 6) is 0.289. The maximum Gasteiger partial charge on any atom is 0.260 e.